The highest BCUT2D eigenvalue weighted by molar-refractivity contribution is 7.99. The van der Waals surface area contributed by atoms with Crippen molar-refractivity contribution in [1.82, 2.24) is 5.32 Å². The summed E-state index contributed by atoms with van der Waals surface area (Å²) in [5.41, 5.74) is 0. The van der Waals surface area contributed by atoms with Crippen LogP contribution in [-0.2, 0) is 0 Å². The average molecular weight is 241 g/mol. The first kappa shape index (κ1) is 12.9. The molecule has 0 heterocycles. The van der Waals surface area contributed by atoms with Gasteiger partial charge < -0.3 is 5.32 Å². The van der Waals surface area contributed by atoms with Crippen molar-refractivity contribution in [2.75, 3.05) is 18.8 Å². The molecule has 1 rings (SSSR count). The quantitative estimate of drug-likeness (QED) is 0.451. The minimum absolute atomic E-state index is 0.0808. The molecule has 0 saturated heterocycles. The van der Waals surface area contributed by atoms with Crippen LogP contribution in [0.25, 0.3) is 0 Å². The lowest BCUT2D eigenvalue weighted by Gasteiger charge is -2.17. The highest BCUT2D eigenvalue weighted by atomic mass is 32.2. The van der Waals surface area contributed by atoms with Gasteiger partial charge in [-0.15, -0.1) is 11.8 Å². The molecule has 0 aromatic heterocycles. The molecule has 0 amide bonds. The van der Waals surface area contributed by atoms with E-state index in [-0.39, 0.29) is 4.75 Å². The van der Waals surface area contributed by atoms with Gasteiger partial charge in [0, 0.05) is 28.5 Å². The van der Waals surface area contributed by atoms with Crippen LogP contribution < -0.4 is 5.32 Å². The Kier molecular flexibility index (Phi) is 5.58. The van der Waals surface area contributed by atoms with E-state index in [0.717, 1.165) is 18.8 Å². The standard InChI is InChI=1S/C12H19NS2/c1-12(2,14)10-13-8-9-15-11-6-4-3-5-7-11/h3-7,13-14H,8-10H2,1-2H3. The van der Waals surface area contributed by atoms with Crippen molar-refractivity contribution in [3.05, 3.63) is 30.3 Å². The number of nitrogens with one attached hydrogen (secondary N) is 1. The van der Waals surface area contributed by atoms with E-state index in [1.54, 1.807) is 0 Å². The summed E-state index contributed by atoms with van der Waals surface area (Å²) in [6.45, 7) is 6.22. The van der Waals surface area contributed by atoms with Crippen LogP contribution >= 0.6 is 24.4 Å². The zero-order chi connectivity index (χ0) is 11.1. The van der Waals surface area contributed by atoms with Gasteiger partial charge in [-0.3, -0.25) is 0 Å². The largest absolute Gasteiger partial charge is 0.315 e. The summed E-state index contributed by atoms with van der Waals surface area (Å²) in [5, 5.41) is 3.40. The molecule has 0 aliphatic carbocycles. The first-order valence-corrected chi connectivity index (χ1v) is 6.62. The van der Waals surface area contributed by atoms with Crippen molar-refractivity contribution in [3.63, 3.8) is 0 Å². The van der Waals surface area contributed by atoms with Gasteiger partial charge in [0.05, 0.1) is 0 Å². The second-order valence-corrected chi connectivity index (χ2v) is 6.53. The number of benzene rings is 1. The van der Waals surface area contributed by atoms with Gasteiger partial charge in [0.25, 0.3) is 0 Å². The normalized spacial score (nSPS) is 11.7. The molecule has 0 bridgehead atoms. The average Bonchev–Trinajstić information content (AvgIpc) is 2.17. The maximum absolute atomic E-state index is 4.46. The Balaban J connectivity index is 2.08. The van der Waals surface area contributed by atoms with E-state index < -0.39 is 0 Å². The molecular formula is C12H19NS2. The summed E-state index contributed by atoms with van der Waals surface area (Å²) in [6.07, 6.45) is 0. The lowest BCUT2D eigenvalue weighted by molar-refractivity contribution is 0.613. The summed E-state index contributed by atoms with van der Waals surface area (Å²) in [4.78, 5) is 1.34. The van der Waals surface area contributed by atoms with Crippen molar-refractivity contribution in [2.24, 2.45) is 0 Å². The molecule has 3 heteroatoms. The molecule has 1 N–H and O–H groups in total. The molecule has 0 aliphatic heterocycles. The molecule has 0 spiro atoms. The summed E-state index contributed by atoms with van der Waals surface area (Å²) >= 11 is 6.34. The predicted molar refractivity (Wildman–Crippen MR) is 73.1 cm³/mol. The van der Waals surface area contributed by atoms with Crippen LogP contribution in [0, 0.1) is 0 Å². The Bertz CT molecular complexity index is 267. The van der Waals surface area contributed by atoms with E-state index in [1.165, 1.54) is 4.90 Å². The molecule has 0 unspecified atom stereocenters. The minimum atomic E-state index is 0.0808. The van der Waals surface area contributed by atoms with E-state index in [9.17, 15) is 0 Å². The van der Waals surface area contributed by atoms with Gasteiger partial charge in [-0.25, -0.2) is 0 Å². The van der Waals surface area contributed by atoms with Crippen LogP contribution in [0.4, 0.5) is 0 Å². The maximum Gasteiger partial charge on any atom is 0.0198 e. The van der Waals surface area contributed by atoms with Crippen molar-refractivity contribution < 1.29 is 0 Å². The second kappa shape index (κ2) is 6.46. The minimum Gasteiger partial charge on any atom is -0.315 e. The highest BCUT2D eigenvalue weighted by Gasteiger charge is 2.09. The first-order chi connectivity index (χ1) is 7.08. The number of hydrogen-bond donors (Lipinski definition) is 2. The lowest BCUT2D eigenvalue weighted by atomic mass is 10.2. The third kappa shape index (κ3) is 6.88. The SMILES string of the molecule is CC(C)(S)CNCCSc1ccccc1. The zero-order valence-electron chi connectivity index (χ0n) is 9.36. The fourth-order valence-electron chi connectivity index (χ4n) is 1.15. The van der Waals surface area contributed by atoms with Gasteiger partial charge in [0.15, 0.2) is 0 Å². The van der Waals surface area contributed by atoms with Gasteiger partial charge in [-0.2, -0.15) is 12.6 Å². The number of thioether (sulfide) groups is 1. The zero-order valence-corrected chi connectivity index (χ0v) is 11.1. The lowest BCUT2D eigenvalue weighted by Crippen LogP contribution is -2.31. The second-order valence-electron chi connectivity index (χ2n) is 4.15. The molecule has 0 aliphatic rings. The third-order valence-electron chi connectivity index (χ3n) is 1.85. The summed E-state index contributed by atoms with van der Waals surface area (Å²) in [6, 6.07) is 10.5. The van der Waals surface area contributed by atoms with Crippen LogP contribution in [0.15, 0.2) is 35.2 Å². The smallest absolute Gasteiger partial charge is 0.0198 e. The maximum atomic E-state index is 4.46. The topological polar surface area (TPSA) is 12.0 Å². The molecule has 1 aromatic rings. The van der Waals surface area contributed by atoms with Crippen LogP contribution in [0.3, 0.4) is 0 Å². The van der Waals surface area contributed by atoms with E-state index in [1.807, 2.05) is 17.8 Å². The van der Waals surface area contributed by atoms with Crippen LogP contribution in [0.1, 0.15) is 13.8 Å². The Morgan fingerprint density at radius 3 is 2.53 bits per heavy atom. The van der Waals surface area contributed by atoms with Gasteiger partial charge in [-0.1, -0.05) is 18.2 Å². The molecular weight excluding hydrogens is 222 g/mol. The van der Waals surface area contributed by atoms with E-state index in [2.05, 4.69) is 56.1 Å². The van der Waals surface area contributed by atoms with Crippen molar-refractivity contribution >= 4 is 24.4 Å². The Morgan fingerprint density at radius 2 is 1.93 bits per heavy atom. The molecule has 1 aromatic carbocycles. The van der Waals surface area contributed by atoms with Gasteiger partial charge >= 0.3 is 0 Å². The van der Waals surface area contributed by atoms with Crippen LogP contribution in [0.2, 0.25) is 0 Å². The Morgan fingerprint density at radius 1 is 1.27 bits per heavy atom. The Hall–Kier alpha value is -0.120. The van der Waals surface area contributed by atoms with Crippen molar-refractivity contribution in [1.29, 1.82) is 0 Å². The predicted octanol–water partition coefficient (Wildman–Crippen LogP) is 3.08. The molecule has 15 heavy (non-hydrogen) atoms. The van der Waals surface area contributed by atoms with Crippen LogP contribution in [-0.4, -0.2) is 23.6 Å². The molecule has 0 saturated carbocycles. The fraction of sp³-hybridized carbons (Fsp3) is 0.500. The van der Waals surface area contributed by atoms with Crippen molar-refractivity contribution in [3.8, 4) is 0 Å². The molecule has 0 radical (unpaired) electrons. The number of rotatable bonds is 6. The summed E-state index contributed by atoms with van der Waals surface area (Å²) in [5.74, 6) is 1.11. The van der Waals surface area contributed by atoms with E-state index in [4.69, 9.17) is 0 Å². The van der Waals surface area contributed by atoms with E-state index in [0.29, 0.717) is 0 Å². The third-order valence-corrected chi connectivity index (χ3v) is 3.02. The number of hydrogen-bond acceptors (Lipinski definition) is 3. The fourth-order valence-corrected chi connectivity index (χ4v) is 2.10. The summed E-state index contributed by atoms with van der Waals surface area (Å²) < 4.78 is 0.0808. The number of thiol groups is 1. The van der Waals surface area contributed by atoms with Gasteiger partial charge in [-0.05, 0) is 26.0 Å². The van der Waals surface area contributed by atoms with E-state index >= 15 is 0 Å². The van der Waals surface area contributed by atoms with Crippen molar-refractivity contribution in [2.45, 2.75) is 23.5 Å². The van der Waals surface area contributed by atoms with Gasteiger partial charge in [0.1, 0.15) is 0 Å². The van der Waals surface area contributed by atoms with Crippen LogP contribution in [0.5, 0.6) is 0 Å². The Labute approximate surface area is 102 Å². The molecule has 0 fully saturated rings. The highest BCUT2D eigenvalue weighted by Crippen LogP contribution is 2.16. The molecule has 1 nitrogen and oxygen atoms in total. The molecule has 0 atom stereocenters. The monoisotopic (exact) mass is 241 g/mol. The molecule has 84 valence electrons. The first-order valence-electron chi connectivity index (χ1n) is 5.19. The summed E-state index contributed by atoms with van der Waals surface area (Å²) in [7, 11) is 0. The van der Waals surface area contributed by atoms with Gasteiger partial charge in [0.2, 0.25) is 0 Å².